The van der Waals surface area contributed by atoms with E-state index in [2.05, 4.69) is 67.0 Å². The Labute approximate surface area is 267 Å². The second-order valence-corrected chi connectivity index (χ2v) is 17.8. The number of ether oxygens (including phenoxy) is 2. The number of nitrogens with one attached hydrogen (secondary N) is 2. The lowest BCUT2D eigenvalue weighted by Gasteiger charge is -2.30. The fourth-order valence-corrected chi connectivity index (χ4v) is 8.67. The highest BCUT2D eigenvalue weighted by Crippen LogP contribution is 2.59. The van der Waals surface area contributed by atoms with E-state index in [0.29, 0.717) is 0 Å². The molecule has 24 heteroatoms. The van der Waals surface area contributed by atoms with Gasteiger partial charge >= 0.3 is 0 Å². The molecule has 0 spiro atoms. The minimum absolute atomic E-state index is 0.0184. The number of fused-ring (bicyclic) bond motifs is 5. The number of aliphatic hydroxyl groups is 2. The van der Waals surface area contributed by atoms with Gasteiger partial charge in [-0.1, -0.05) is 24.5 Å². The van der Waals surface area contributed by atoms with E-state index in [-0.39, 0.29) is 47.4 Å². The van der Waals surface area contributed by atoms with Crippen LogP contribution >= 0.6 is 37.6 Å². The summed E-state index contributed by atoms with van der Waals surface area (Å²) in [5.74, 6) is -0.319. The monoisotopic (exact) mass is 718 g/mol. The van der Waals surface area contributed by atoms with Crippen LogP contribution in [0, 0.1) is 0 Å². The van der Waals surface area contributed by atoms with Crippen LogP contribution in [-0.4, -0.2) is 112 Å². The Kier molecular flexibility index (Phi) is 7.94. The van der Waals surface area contributed by atoms with E-state index in [0.717, 1.165) is 0 Å². The van der Waals surface area contributed by atoms with Crippen molar-refractivity contribution in [2.75, 3.05) is 24.7 Å². The molecule has 0 saturated carbocycles. The summed E-state index contributed by atoms with van der Waals surface area (Å²) >= 11 is 9.07. The van der Waals surface area contributed by atoms with Crippen LogP contribution < -0.4 is 22.6 Å². The van der Waals surface area contributed by atoms with Crippen LogP contribution in [0.4, 0.5) is 11.9 Å². The Morgan fingerprint density at radius 1 is 0.804 bits per heavy atom. The second kappa shape index (κ2) is 11.5. The first-order chi connectivity index (χ1) is 21.7. The van der Waals surface area contributed by atoms with E-state index in [9.17, 15) is 19.8 Å². The van der Waals surface area contributed by atoms with E-state index in [1.807, 2.05) is 0 Å². The van der Waals surface area contributed by atoms with Crippen LogP contribution in [0.15, 0.2) is 22.2 Å². The molecule has 248 valence electrons. The molecule has 3 saturated heterocycles. The molecule has 0 aromatic carbocycles. The topological polar surface area (TPSA) is 275 Å². The number of imidazole rings is 2. The number of anilines is 2. The Hall–Kier alpha value is -2.72. The average molecular weight is 719 g/mol. The summed E-state index contributed by atoms with van der Waals surface area (Å²) in [7, 11) is 0. The summed E-state index contributed by atoms with van der Waals surface area (Å²) < 4.78 is 39.2. The number of aliphatic hydroxyl groups excluding tert-OH is 2. The summed E-state index contributed by atoms with van der Waals surface area (Å²) in [6, 6.07) is 0. The lowest BCUT2D eigenvalue weighted by molar-refractivity contribution is -0.0541. The maximum atomic E-state index is 12.4. The lowest BCUT2D eigenvalue weighted by atomic mass is 10.1. The average Bonchev–Trinajstić information content (AvgIpc) is 3.72. The molecule has 0 aliphatic carbocycles. The number of nitrogen functional groups attached to an aromatic ring is 2. The minimum Gasteiger partial charge on any atom is -0.387 e. The summed E-state index contributed by atoms with van der Waals surface area (Å²) in [5.41, 5.74) is 10.4. The Bertz CT molecular complexity index is 2050. The third-order valence-corrected chi connectivity index (χ3v) is 11.0. The third kappa shape index (κ3) is 5.61. The number of nitrogens with two attached hydrogens (primary N) is 2. The van der Waals surface area contributed by atoms with Gasteiger partial charge in [-0.3, -0.25) is 28.7 Å². The Morgan fingerprint density at radius 3 is 1.85 bits per heavy atom. The number of nitrogens with zero attached hydrogens (tertiary/aromatic N) is 6. The van der Waals surface area contributed by atoms with E-state index >= 15 is 0 Å². The van der Waals surface area contributed by atoms with Gasteiger partial charge in [0.15, 0.2) is 47.9 Å². The highest BCUT2D eigenvalue weighted by Gasteiger charge is 2.51. The van der Waals surface area contributed by atoms with Crippen molar-refractivity contribution < 1.29 is 37.8 Å². The molecule has 3 aliphatic rings. The maximum absolute atomic E-state index is 12.4. The molecule has 3 aliphatic heterocycles. The van der Waals surface area contributed by atoms with Gasteiger partial charge in [0.2, 0.25) is 11.9 Å². The molecular weight excluding hydrogens is 690 g/mol. The van der Waals surface area contributed by atoms with E-state index in [1.165, 1.54) is 21.8 Å². The zero-order valence-electron chi connectivity index (χ0n) is 23.4. The van der Waals surface area contributed by atoms with Gasteiger partial charge in [0.25, 0.3) is 11.1 Å². The molecular formula is C22H28N10O10P2S2. The Morgan fingerprint density at radius 2 is 1.28 bits per heavy atom. The van der Waals surface area contributed by atoms with Gasteiger partial charge in [0.1, 0.15) is 36.6 Å². The maximum Gasteiger partial charge on any atom is 0.280 e. The number of H-pyrrole nitrogens is 2. The summed E-state index contributed by atoms with van der Waals surface area (Å²) in [6.07, 6.45) is 1.15. The molecule has 7 rings (SSSR count). The molecule has 0 amide bonds. The third-order valence-electron chi connectivity index (χ3n) is 7.53. The highest BCUT2D eigenvalue weighted by atomic mass is 32.7. The molecule has 10 atom stereocenters. The molecule has 8 N–H and O–H groups in total. The number of aromatic nitrogens is 8. The Balaban J connectivity index is 1.21. The van der Waals surface area contributed by atoms with E-state index < -0.39 is 73.3 Å². The quantitative estimate of drug-likeness (QED) is 0.0912. The first-order valence-electron chi connectivity index (χ1n) is 13.4. The highest BCUT2D eigenvalue weighted by molar-refractivity contribution is 8.48. The minimum atomic E-state index is -3.36. The van der Waals surface area contributed by atoms with Crippen molar-refractivity contribution in [1.29, 1.82) is 0 Å². The van der Waals surface area contributed by atoms with Gasteiger partial charge in [-0.15, -0.1) is 0 Å². The number of hydrogen-bond acceptors (Lipinski definition) is 18. The van der Waals surface area contributed by atoms with Gasteiger partial charge in [0.05, 0.1) is 25.9 Å². The van der Waals surface area contributed by atoms with Gasteiger partial charge in [0, 0.05) is 0 Å². The van der Waals surface area contributed by atoms with Crippen LogP contribution in [0.25, 0.3) is 22.3 Å². The summed E-state index contributed by atoms with van der Waals surface area (Å²) in [5, 5.41) is 22.7. The molecule has 4 aromatic heterocycles. The largest absolute Gasteiger partial charge is 0.387 e. The van der Waals surface area contributed by atoms with Gasteiger partial charge in [-0.25, -0.2) is 9.97 Å². The molecule has 3 fully saturated rings. The number of rotatable bonds is 2. The van der Waals surface area contributed by atoms with Crippen molar-refractivity contribution in [3.05, 3.63) is 33.4 Å². The molecule has 46 heavy (non-hydrogen) atoms. The number of hydrogen-bond donors (Lipinski definition) is 8. The van der Waals surface area contributed by atoms with Gasteiger partial charge in [-0.05, 0) is 12.6 Å². The van der Waals surface area contributed by atoms with E-state index in [4.69, 9.17) is 39.0 Å². The number of thiol groups is 2. The molecule has 4 aromatic rings. The van der Waals surface area contributed by atoms with Crippen molar-refractivity contribution >= 4 is 84.4 Å². The van der Waals surface area contributed by atoms with Crippen molar-refractivity contribution in [3.63, 3.8) is 0 Å². The van der Waals surface area contributed by atoms with E-state index in [1.54, 1.807) is 0 Å². The molecule has 2 bridgehead atoms. The van der Waals surface area contributed by atoms with Crippen molar-refractivity contribution in [3.8, 4) is 0 Å². The normalized spacial score (nSPS) is 37.1. The molecule has 0 radical (unpaired) electrons. The van der Waals surface area contributed by atoms with Crippen molar-refractivity contribution in [1.82, 2.24) is 39.0 Å². The smallest absolute Gasteiger partial charge is 0.280 e. The van der Waals surface area contributed by atoms with Crippen LogP contribution in [0.2, 0.25) is 0 Å². The van der Waals surface area contributed by atoms with Crippen LogP contribution in [0.3, 0.4) is 0 Å². The molecule has 7 heterocycles. The van der Waals surface area contributed by atoms with Crippen molar-refractivity contribution in [2.45, 2.75) is 49.1 Å². The van der Waals surface area contributed by atoms with Crippen LogP contribution in [-0.2, 0) is 27.6 Å². The fraction of sp³-hybridized carbons (Fsp3) is 0.455. The molecule has 2 unspecified atom stereocenters. The lowest BCUT2D eigenvalue weighted by Crippen LogP contribution is -2.36. The predicted molar refractivity (Wildman–Crippen MR) is 173 cm³/mol. The zero-order valence-corrected chi connectivity index (χ0v) is 27.0. The molecule has 20 nitrogen and oxygen atoms in total. The van der Waals surface area contributed by atoms with Crippen LogP contribution in [0.5, 0.6) is 0 Å². The first-order valence-corrected chi connectivity index (χ1v) is 19.3. The number of aromatic amines is 2. The standard InChI is InChI=1S/C22H28N10O10P2S2/c1-43(45)37-3-7-11(33)14(20(39-7)32-6-26-10-16(32)28-22(24)30-18(10)36)42-44(2,46)38-4-8-13(41-43)12(34)19(40-8)31-5-25-9-15(31)27-21(23)29-17(9)35/h5-8,11-14,19-20,33-34,45-46H,1-4H2,(H3,23,27,29,35)(H3,24,28,30,36)/t7-,8+,11-,12-,13+,14-,19+,20-,43?,44?/m1/s1. The van der Waals surface area contributed by atoms with Crippen LogP contribution in [0.1, 0.15) is 12.5 Å². The summed E-state index contributed by atoms with van der Waals surface area (Å²) in [6.45, 7) is -7.24. The van der Waals surface area contributed by atoms with Gasteiger partial charge in [-0.2, -0.15) is 9.97 Å². The SMILES string of the molecule is C=P1(S)OC[C@H]2O[C@@H](n3cnc4c(=O)[nH]c(N)nc43)[C@H](OP(=C)(S)OC[C@@H]3O[C@H](n4cnc5c(=O)[nH]c(N)nc54)[C@H](O)[C@H]3O1)[C@@H]2O. The fourth-order valence-electron chi connectivity index (χ4n) is 5.49. The first kappa shape index (κ1) is 31.9. The predicted octanol–water partition coefficient (Wildman–Crippen LogP) is -1.00. The van der Waals surface area contributed by atoms with Crippen molar-refractivity contribution in [2.24, 2.45) is 0 Å². The zero-order chi connectivity index (χ0) is 32.7. The van der Waals surface area contributed by atoms with Gasteiger partial charge < -0.3 is 49.2 Å². The summed E-state index contributed by atoms with van der Waals surface area (Å²) in [4.78, 5) is 46.0. The second-order valence-electron chi connectivity index (χ2n) is 10.7.